The minimum Gasteiger partial charge on any atom is -0.497 e. The molecule has 1 rings (SSSR count). The molecule has 0 heterocycles. The van der Waals surface area contributed by atoms with Gasteiger partial charge in [-0.2, -0.15) is 0 Å². The van der Waals surface area contributed by atoms with Gasteiger partial charge in [-0.15, -0.1) is 0 Å². The summed E-state index contributed by atoms with van der Waals surface area (Å²) in [6, 6.07) is 7.53. The zero-order valence-corrected chi connectivity index (χ0v) is 14.5. The standard InChI is InChI=1S/C18H26O5/c1-13(16(19)10-17(20)23-18(2,3)4)11-22-12-14-6-8-15(21-5)9-7-14/h6-9,13H,10-12H2,1-5H3/t13-/m1/s1. The number of carbonyl (C=O) groups is 2. The molecule has 1 aromatic carbocycles. The van der Waals surface area contributed by atoms with E-state index in [1.54, 1.807) is 34.8 Å². The van der Waals surface area contributed by atoms with Crippen LogP contribution < -0.4 is 4.74 Å². The first-order chi connectivity index (χ1) is 10.7. The van der Waals surface area contributed by atoms with Crippen LogP contribution in [0, 0.1) is 5.92 Å². The van der Waals surface area contributed by atoms with Crippen LogP contribution in [0.15, 0.2) is 24.3 Å². The maximum absolute atomic E-state index is 12.0. The lowest BCUT2D eigenvalue weighted by Gasteiger charge is -2.19. The quantitative estimate of drug-likeness (QED) is 0.543. The van der Waals surface area contributed by atoms with Crippen molar-refractivity contribution in [1.29, 1.82) is 0 Å². The van der Waals surface area contributed by atoms with E-state index < -0.39 is 11.6 Å². The number of benzene rings is 1. The van der Waals surface area contributed by atoms with Crippen molar-refractivity contribution in [2.45, 2.75) is 46.3 Å². The van der Waals surface area contributed by atoms with Crippen molar-refractivity contribution in [1.82, 2.24) is 0 Å². The van der Waals surface area contributed by atoms with E-state index >= 15 is 0 Å². The van der Waals surface area contributed by atoms with Gasteiger partial charge < -0.3 is 14.2 Å². The highest BCUT2D eigenvalue weighted by Gasteiger charge is 2.22. The largest absolute Gasteiger partial charge is 0.497 e. The molecule has 0 aromatic heterocycles. The van der Waals surface area contributed by atoms with Gasteiger partial charge in [-0.3, -0.25) is 9.59 Å². The minimum absolute atomic E-state index is 0.172. The lowest BCUT2D eigenvalue weighted by molar-refractivity contribution is -0.156. The molecule has 1 aromatic rings. The van der Waals surface area contributed by atoms with Crippen molar-refractivity contribution >= 4 is 11.8 Å². The second-order valence-corrected chi connectivity index (χ2v) is 6.49. The number of esters is 1. The van der Waals surface area contributed by atoms with E-state index in [1.165, 1.54) is 0 Å². The van der Waals surface area contributed by atoms with Crippen molar-refractivity contribution in [3.05, 3.63) is 29.8 Å². The summed E-state index contributed by atoms with van der Waals surface area (Å²) in [4.78, 5) is 23.6. The fraction of sp³-hybridized carbons (Fsp3) is 0.556. The zero-order valence-electron chi connectivity index (χ0n) is 14.5. The summed E-state index contributed by atoms with van der Waals surface area (Å²) >= 11 is 0. The van der Waals surface area contributed by atoms with Gasteiger partial charge in [-0.25, -0.2) is 0 Å². The second-order valence-electron chi connectivity index (χ2n) is 6.49. The first-order valence-corrected chi connectivity index (χ1v) is 7.66. The Morgan fingerprint density at radius 3 is 2.26 bits per heavy atom. The van der Waals surface area contributed by atoms with Gasteiger partial charge in [0.15, 0.2) is 0 Å². The molecular formula is C18H26O5. The van der Waals surface area contributed by atoms with Crippen LogP contribution in [0.25, 0.3) is 0 Å². The van der Waals surface area contributed by atoms with Gasteiger partial charge >= 0.3 is 5.97 Å². The molecule has 0 radical (unpaired) electrons. The van der Waals surface area contributed by atoms with E-state index in [2.05, 4.69) is 0 Å². The highest BCUT2D eigenvalue weighted by molar-refractivity contribution is 5.96. The molecule has 128 valence electrons. The van der Waals surface area contributed by atoms with Crippen molar-refractivity contribution in [2.75, 3.05) is 13.7 Å². The molecular weight excluding hydrogens is 296 g/mol. The highest BCUT2D eigenvalue weighted by Crippen LogP contribution is 2.13. The molecule has 0 unspecified atom stereocenters. The van der Waals surface area contributed by atoms with Gasteiger partial charge in [0.05, 0.1) is 20.3 Å². The molecule has 0 saturated heterocycles. The fourth-order valence-electron chi connectivity index (χ4n) is 1.86. The number of hydrogen-bond donors (Lipinski definition) is 0. The van der Waals surface area contributed by atoms with Crippen LogP contribution in [0.2, 0.25) is 0 Å². The topological polar surface area (TPSA) is 61.8 Å². The van der Waals surface area contributed by atoms with Gasteiger partial charge in [0.1, 0.15) is 23.6 Å². The van der Waals surface area contributed by atoms with Crippen LogP contribution in [-0.2, 0) is 25.7 Å². The Labute approximate surface area is 137 Å². The van der Waals surface area contributed by atoms with E-state index in [-0.39, 0.29) is 24.7 Å². The number of hydrogen-bond acceptors (Lipinski definition) is 5. The van der Waals surface area contributed by atoms with Crippen LogP contribution >= 0.6 is 0 Å². The molecule has 0 aliphatic heterocycles. The van der Waals surface area contributed by atoms with E-state index in [1.807, 2.05) is 24.3 Å². The smallest absolute Gasteiger partial charge is 0.313 e. The SMILES string of the molecule is COc1ccc(COC[C@@H](C)C(=O)CC(=O)OC(C)(C)C)cc1. The Hall–Kier alpha value is -1.88. The molecule has 0 aliphatic carbocycles. The highest BCUT2D eigenvalue weighted by atomic mass is 16.6. The van der Waals surface area contributed by atoms with Crippen molar-refractivity contribution in [2.24, 2.45) is 5.92 Å². The van der Waals surface area contributed by atoms with Gasteiger partial charge in [-0.1, -0.05) is 19.1 Å². The van der Waals surface area contributed by atoms with E-state index in [0.29, 0.717) is 6.61 Å². The number of ether oxygens (including phenoxy) is 3. The van der Waals surface area contributed by atoms with Gasteiger partial charge in [-0.05, 0) is 38.5 Å². The third-order valence-corrected chi connectivity index (χ3v) is 3.08. The van der Waals surface area contributed by atoms with Gasteiger partial charge in [0.25, 0.3) is 0 Å². The van der Waals surface area contributed by atoms with Crippen LogP contribution in [0.4, 0.5) is 0 Å². The van der Waals surface area contributed by atoms with Crippen molar-refractivity contribution in [3.8, 4) is 5.75 Å². The average Bonchev–Trinajstić information content (AvgIpc) is 2.45. The summed E-state index contributed by atoms with van der Waals surface area (Å²) in [5, 5.41) is 0. The number of ketones is 1. The van der Waals surface area contributed by atoms with Crippen LogP contribution in [0.3, 0.4) is 0 Å². The molecule has 0 amide bonds. The molecule has 5 heteroatoms. The zero-order chi connectivity index (χ0) is 17.5. The Kier molecular flexibility index (Phi) is 7.23. The molecule has 0 N–H and O–H groups in total. The normalized spacial score (nSPS) is 12.6. The second kappa shape index (κ2) is 8.67. The first-order valence-electron chi connectivity index (χ1n) is 7.66. The van der Waals surface area contributed by atoms with Crippen LogP contribution in [-0.4, -0.2) is 31.1 Å². The Bertz CT molecular complexity index is 513. The summed E-state index contributed by atoms with van der Waals surface area (Å²) < 4.78 is 15.8. The number of carbonyl (C=O) groups excluding carboxylic acids is 2. The molecule has 0 bridgehead atoms. The lowest BCUT2D eigenvalue weighted by atomic mass is 10.0. The van der Waals surface area contributed by atoms with E-state index in [4.69, 9.17) is 14.2 Å². The molecule has 1 atom stereocenters. The minimum atomic E-state index is -0.578. The molecule has 23 heavy (non-hydrogen) atoms. The predicted molar refractivity (Wildman–Crippen MR) is 87.3 cm³/mol. The van der Waals surface area contributed by atoms with E-state index in [9.17, 15) is 9.59 Å². The van der Waals surface area contributed by atoms with Crippen LogP contribution in [0.1, 0.15) is 39.7 Å². The Balaban J connectivity index is 2.33. The van der Waals surface area contributed by atoms with E-state index in [0.717, 1.165) is 11.3 Å². The fourth-order valence-corrected chi connectivity index (χ4v) is 1.86. The Morgan fingerprint density at radius 1 is 1.13 bits per heavy atom. The predicted octanol–water partition coefficient (Wildman–Crippen LogP) is 3.15. The molecule has 0 aliphatic rings. The van der Waals surface area contributed by atoms with Gasteiger partial charge in [0.2, 0.25) is 0 Å². The van der Waals surface area contributed by atoms with Crippen molar-refractivity contribution < 1.29 is 23.8 Å². The monoisotopic (exact) mass is 322 g/mol. The molecule has 0 saturated carbocycles. The average molecular weight is 322 g/mol. The first kappa shape index (κ1) is 19.2. The summed E-state index contributed by atoms with van der Waals surface area (Å²) in [7, 11) is 1.61. The summed E-state index contributed by atoms with van der Waals surface area (Å²) in [5.41, 5.74) is 0.420. The summed E-state index contributed by atoms with van der Waals surface area (Å²) in [5.74, 6) is -0.228. The third kappa shape index (κ3) is 7.79. The lowest BCUT2D eigenvalue weighted by Crippen LogP contribution is -2.27. The van der Waals surface area contributed by atoms with Crippen LogP contribution in [0.5, 0.6) is 5.75 Å². The maximum Gasteiger partial charge on any atom is 0.313 e. The maximum atomic E-state index is 12.0. The summed E-state index contributed by atoms with van der Waals surface area (Å²) in [6.07, 6.45) is -0.218. The molecule has 5 nitrogen and oxygen atoms in total. The summed E-state index contributed by atoms with van der Waals surface area (Å²) in [6.45, 7) is 7.76. The number of methoxy groups -OCH3 is 1. The molecule has 0 spiro atoms. The number of rotatable bonds is 8. The van der Waals surface area contributed by atoms with Gasteiger partial charge in [0, 0.05) is 5.92 Å². The third-order valence-electron chi connectivity index (χ3n) is 3.08. The Morgan fingerprint density at radius 2 is 1.74 bits per heavy atom. The number of Topliss-reactive ketones (excluding diaryl/α,β-unsaturated/α-hetero) is 1. The molecule has 0 fully saturated rings. The van der Waals surface area contributed by atoms with Crippen molar-refractivity contribution in [3.63, 3.8) is 0 Å².